The number of H-pyrrole nitrogens is 1. The molecule has 2 aromatic heterocycles. The van der Waals surface area contributed by atoms with E-state index in [1.165, 1.54) is 0 Å². The molecule has 2 aromatic carbocycles. The van der Waals surface area contributed by atoms with E-state index in [1.807, 2.05) is 31.2 Å². The number of nitrogens with zero attached hydrogens (tertiary/aromatic N) is 3. The number of benzene rings is 2. The lowest BCUT2D eigenvalue weighted by atomic mass is 10.1. The third-order valence-corrected chi connectivity index (χ3v) is 5.58. The standard InChI is InChI=1S/C24H27N5O4/c1-14-8-5-6-9-17(14)29-23(25)21-22(27-29)20-16(26-24(21)31)12-15(32-4)13-18(20)33-11-7-10-19(30)28(2)3/h5-6,8-9,12-13H,7,10-11,25H2,1-4H3,(H,26,31). The Hall–Kier alpha value is -4.01. The molecule has 0 unspecified atom stereocenters. The van der Waals surface area contributed by atoms with Gasteiger partial charge in [0, 0.05) is 32.6 Å². The van der Waals surface area contributed by atoms with Crippen LogP contribution in [0.1, 0.15) is 18.4 Å². The van der Waals surface area contributed by atoms with Gasteiger partial charge in [0.25, 0.3) is 5.56 Å². The predicted molar refractivity (Wildman–Crippen MR) is 128 cm³/mol. The molecular weight excluding hydrogens is 422 g/mol. The van der Waals surface area contributed by atoms with Gasteiger partial charge in [0.15, 0.2) is 0 Å². The van der Waals surface area contributed by atoms with Crippen molar-refractivity contribution in [1.82, 2.24) is 19.7 Å². The first-order chi connectivity index (χ1) is 15.8. The Morgan fingerprint density at radius 2 is 1.97 bits per heavy atom. The van der Waals surface area contributed by atoms with Crippen molar-refractivity contribution in [3.05, 3.63) is 52.3 Å². The van der Waals surface area contributed by atoms with Gasteiger partial charge in [0.05, 0.1) is 30.3 Å². The van der Waals surface area contributed by atoms with Gasteiger partial charge < -0.3 is 25.1 Å². The summed E-state index contributed by atoms with van der Waals surface area (Å²) in [7, 11) is 4.99. The molecule has 3 N–H and O–H groups in total. The number of methoxy groups -OCH3 is 1. The van der Waals surface area contributed by atoms with Gasteiger partial charge in [0.2, 0.25) is 5.91 Å². The highest BCUT2D eigenvalue weighted by molar-refractivity contribution is 6.10. The molecule has 9 heteroatoms. The van der Waals surface area contributed by atoms with Crippen LogP contribution in [0.25, 0.3) is 27.5 Å². The maximum absolute atomic E-state index is 12.9. The van der Waals surface area contributed by atoms with Crippen molar-refractivity contribution in [3.8, 4) is 17.2 Å². The van der Waals surface area contributed by atoms with Crippen LogP contribution in [0.5, 0.6) is 11.5 Å². The minimum atomic E-state index is -0.342. The van der Waals surface area contributed by atoms with E-state index in [4.69, 9.17) is 20.3 Å². The Morgan fingerprint density at radius 1 is 1.21 bits per heavy atom. The van der Waals surface area contributed by atoms with Gasteiger partial charge in [-0.05, 0) is 25.0 Å². The number of fused-ring (bicyclic) bond motifs is 3. The lowest BCUT2D eigenvalue weighted by Gasteiger charge is -2.13. The maximum atomic E-state index is 12.9. The Bertz CT molecular complexity index is 1400. The first-order valence-corrected chi connectivity index (χ1v) is 10.6. The van der Waals surface area contributed by atoms with E-state index in [0.29, 0.717) is 52.8 Å². The Kier molecular flexibility index (Phi) is 5.95. The fraction of sp³-hybridized carbons (Fsp3) is 0.292. The zero-order chi connectivity index (χ0) is 23.7. The van der Waals surface area contributed by atoms with Crippen LogP contribution in [0.3, 0.4) is 0 Å². The summed E-state index contributed by atoms with van der Waals surface area (Å²) in [6, 6.07) is 11.1. The molecule has 0 fully saturated rings. The number of para-hydroxylation sites is 1. The number of hydrogen-bond acceptors (Lipinski definition) is 6. The first-order valence-electron chi connectivity index (χ1n) is 10.6. The molecule has 1 amide bonds. The minimum Gasteiger partial charge on any atom is -0.497 e. The van der Waals surface area contributed by atoms with E-state index >= 15 is 0 Å². The van der Waals surface area contributed by atoms with Crippen LogP contribution in [-0.4, -0.2) is 53.4 Å². The van der Waals surface area contributed by atoms with Gasteiger partial charge in [-0.15, -0.1) is 0 Å². The molecule has 0 radical (unpaired) electrons. The topological polar surface area (TPSA) is 115 Å². The number of aryl methyl sites for hydroxylation is 1. The molecule has 9 nitrogen and oxygen atoms in total. The third-order valence-electron chi connectivity index (χ3n) is 5.58. The number of anilines is 1. The molecule has 4 aromatic rings. The monoisotopic (exact) mass is 449 g/mol. The highest BCUT2D eigenvalue weighted by atomic mass is 16.5. The molecule has 172 valence electrons. The van der Waals surface area contributed by atoms with Crippen molar-refractivity contribution in [2.45, 2.75) is 19.8 Å². The van der Waals surface area contributed by atoms with Gasteiger partial charge >= 0.3 is 0 Å². The first kappa shape index (κ1) is 22.2. The highest BCUT2D eigenvalue weighted by Crippen LogP contribution is 2.36. The highest BCUT2D eigenvalue weighted by Gasteiger charge is 2.20. The Balaban J connectivity index is 1.85. The largest absolute Gasteiger partial charge is 0.497 e. The second-order valence-electron chi connectivity index (χ2n) is 8.05. The van der Waals surface area contributed by atoms with E-state index in [0.717, 1.165) is 11.3 Å². The molecule has 2 heterocycles. The molecule has 0 atom stereocenters. The SMILES string of the molecule is COc1cc(OCCCC(=O)N(C)C)c2c(c1)[nH]c(=O)c1c(N)n(-c3ccccc3C)nc12. The average molecular weight is 450 g/mol. The molecule has 0 saturated carbocycles. The Labute approximate surface area is 190 Å². The van der Waals surface area contributed by atoms with Crippen LogP contribution in [0.4, 0.5) is 5.82 Å². The predicted octanol–water partition coefficient (Wildman–Crippen LogP) is 3.01. The summed E-state index contributed by atoms with van der Waals surface area (Å²) in [6.07, 6.45) is 0.915. The van der Waals surface area contributed by atoms with Crippen molar-refractivity contribution in [2.75, 3.05) is 33.5 Å². The Morgan fingerprint density at radius 3 is 2.67 bits per heavy atom. The number of nitrogens with one attached hydrogen (secondary N) is 1. The lowest BCUT2D eigenvalue weighted by molar-refractivity contribution is -0.128. The van der Waals surface area contributed by atoms with E-state index in [1.54, 1.807) is 42.9 Å². The van der Waals surface area contributed by atoms with E-state index < -0.39 is 0 Å². The lowest BCUT2D eigenvalue weighted by Crippen LogP contribution is -2.21. The molecule has 0 aliphatic rings. The van der Waals surface area contributed by atoms with Gasteiger partial charge in [-0.25, -0.2) is 4.68 Å². The van der Waals surface area contributed by atoms with Crippen molar-refractivity contribution >= 4 is 33.5 Å². The molecule has 33 heavy (non-hydrogen) atoms. The van der Waals surface area contributed by atoms with Gasteiger partial charge in [-0.3, -0.25) is 9.59 Å². The quantitative estimate of drug-likeness (QED) is 0.419. The fourth-order valence-electron chi connectivity index (χ4n) is 3.79. The summed E-state index contributed by atoms with van der Waals surface area (Å²) in [5, 5.41) is 5.64. The summed E-state index contributed by atoms with van der Waals surface area (Å²) in [6.45, 7) is 2.27. The zero-order valence-corrected chi connectivity index (χ0v) is 19.1. The molecule has 0 saturated heterocycles. The smallest absolute Gasteiger partial charge is 0.261 e. The summed E-state index contributed by atoms with van der Waals surface area (Å²) >= 11 is 0. The van der Waals surface area contributed by atoms with Crippen LogP contribution in [0.2, 0.25) is 0 Å². The number of carbonyl (C=O) groups is 1. The van der Waals surface area contributed by atoms with Crippen LogP contribution in [0.15, 0.2) is 41.2 Å². The van der Waals surface area contributed by atoms with E-state index in [2.05, 4.69) is 4.98 Å². The van der Waals surface area contributed by atoms with Gasteiger partial charge in [0.1, 0.15) is 28.2 Å². The van der Waals surface area contributed by atoms with Crippen molar-refractivity contribution < 1.29 is 14.3 Å². The summed E-state index contributed by atoms with van der Waals surface area (Å²) in [5.41, 5.74) is 8.78. The molecule has 0 aliphatic carbocycles. The summed E-state index contributed by atoms with van der Waals surface area (Å²) in [5.74, 6) is 1.31. The van der Waals surface area contributed by atoms with Crippen molar-refractivity contribution in [3.63, 3.8) is 0 Å². The fourth-order valence-corrected chi connectivity index (χ4v) is 3.79. The second-order valence-corrected chi connectivity index (χ2v) is 8.05. The van der Waals surface area contributed by atoms with Crippen LogP contribution >= 0.6 is 0 Å². The second kappa shape index (κ2) is 8.85. The summed E-state index contributed by atoms with van der Waals surface area (Å²) in [4.78, 5) is 29.2. The number of ether oxygens (including phenoxy) is 2. The molecule has 0 spiro atoms. The normalized spacial score (nSPS) is 11.2. The number of carbonyl (C=O) groups excluding carboxylic acids is 1. The van der Waals surface area contributed by atoms with Crippen LogP contribution in [0, 0.1) is 6.92 Å². The summed E-state index contributed by atoms with van der Waals surface area (Å²) < 4.78 is 13.0. The number of aromatic amines is 1. The van der Waals surface area contributed by atoms with Crippen LogP contribution < -0.4 is 20.8 Å². The van der Waals surface area contributed by atoms with Gasteiger partial charge in [-0.2, -0.15) is 5.10 Å². The molecule has 0 aliphatic heterocycles. The van der Waals surface area contributed by atoms with Gasteiger partial charge in [-0.1, -0.05) is 18.2 Å². The average Bonchev–Trinajstić information content (AvgIpc) is 3.13. The number of amides is 1. The zero-order valence-electron chi connectivity index (χ0n) is 19.1. The number of hydrogen-bond donors (Lipinski definition) is 2. The van der Waals surface area contributed by atoms with Crippen LogP contribution in [-0.2, 0) is 4.79 Å². The number of nitrogens with two attached hydrogens (primary N) is 1. The number of nitrogen functional groups attached to an aromatic ring is 1. The molecule has 4 rings (SSSR count). The van der Waals surface area contributed by atoms with Crippen molar-refractivity contribution in [1.29, 1.82) is 0 Å². The molecule has 0 bridgehead atoms. The van der Waals surface area contributed by atoms with E-state index in [-0.39, 0.29) is 17.3 Å². The third kappa shape index (κ3) is 4.09. The van der Waals surface area contributed by atoms with Crippen molar-refractivity contribution in [2.24, 2.45) is 0 Å². The molecular formula is C24H27N5O4. The minimum absolute atomic E-state index is 0.0329. The van der Waals surface area contributed by atoms with E-state index in [9.17, 15) is 9.59 Å². The number of aromatic nitrogens is 3. The number of rotatable bonds is 7. The maximum Gasteiger partial charge on any atom is 0.261 e. The number of pyridine rings is 1.